The Morgan fingerprint density at radius 3 is 2.71 bits per heavy atom. The predicted molar refractivity (Wildman–Crippen MR) is 115 cm³/mol. The van der Waals surface area contributed by atoms with Crippen LogP contribution in [0.2, 0.25) is 0 Å². The minimum Gasteiger partial charge on any atom is -0.315 e. The highest BCUT2D eigenvalue weighted by atomic mass is 32.2. The summed E-state index contributed by atoms with van der Waals surface area (Å²) in [5.41, 5.74) is 3.90. The van der Waals surface area contributed by atoms with Crippen molar-refractivity contribution in [3.63, 3.8) is 0 Å². The molecule has 5 nitrogen and oxygen atoms in total. The molecule has 0 unspecified atom stereocenters. The van der Waals surface area contributed by atoms with Gasteiger partial charge in [0, 0.05) is 17.0 Å². The number of aryl methyl sites for hydroxylation is 1. The van der Waals surface area contributed by atoms with Gasteiger partial charge in [0.05, 0.1) is 23.6 Å². The van der Waals surface area contributed by atoms with Crippen molar-refractivity contribution in [1.82, 2.24) is 0 Å². The number of nitrogens with zero attached hydrogens (tertiary/aromatic N) is 2. The molecule has 2 aliphatic rings. The van der Waals surface area contributed by atoms with Crippen LogP contribution in [0, 0.1) is 6.92 Å². The van der Waals surface area contributed by atoms with Crippen LogP contribution >= 0.6 is 11.8 Å². The molecule has 2 aliphatic heterocycles. The summed E-state index contributed by atoms with van der Waals surface area (Å²) in [6.45, 7) is 3.62. The van der Waals surface area contributed by atoms with Gasteiger partial charge in [0.2, 0.25) is 0 Å². The molecular formula is C21H22N2O3S2. The Labute approximate surface area is 169 Å². The second-order valence-electron chi connectivity index (χ2n) is 7.31. The minimum atomic E-state index is -3.10. The molecule has 2 aromatic rings. The highest BCUT2D eigenvalue weighted by Crippen LogP contribution is 2.36. The molecule has 0 radical (unpaired) electrons. The summed E-state index contributed by atoms with van der Waals surface area (Å²) in [4.78, 5) is 18.6. The number of hydrogen-bond acceptors (Lipinski definition) is 6. The first kappa shape index (κ1) is 19.2. The standard InChI is InChI=1S/C21H22N2O3S2/c1-14-6-3-4-7-17(14)11-27-21-22-19-12-28(25,26)13-20(19)23(21)18-9-5-8-16(10-18)15(2)24/h3-10,19-20H,11-13H2,1-2H3/t19-,20+/m0/s1. The molecule has 7 heteroatoms. The zero-order chi connectivity index (χ0) is 19.9. The molecule has 1 saturated heterocycles. The van der Waals surface area contributed by atoms with Crippen LogP contribution in [-0.4, -0.2) is 43.0 Å². The zero-order valence-electron chi connectivity index (χ0n) is 15.8. The number of sulfone groups is 1. The van der Waals surface area contributed by atoms with E-state index in [9.17, 15) is 13.2 Å². The van der Waals surface area contributed by atoms with Crippen LogP contribution in [-0.2, 0) is 15.6 Å². The number of rotatable bonds is 4. The summed E-state index contributed by atoms with van der Waals surface area (Å²) in [6, 6.07) is 15.2. The lowest BCUT2D eigenvalue weighted by atomic mass is 10.1. The van der Waals surface area contributed by atoms with E-state index >= 15 is 0 Å². The summed E-state index contributed by atoms with van der Waals surface area (Å²) < 4.78 is 24.3. The van der Waals surface area contributed by atoms with E-state index in [-0.39, 0.29) is 29.4 Å². The van der Waals surface area contributed by atoms with Gasteiger partial charge in [-0.3, -0.25) is 9.79 Å². The molecule has 0 N–H and O–H groups in total. The monoisotopic (exact) mass is 414 g/mol. The lowest BCUT2D eigenvalue weighted by Crippen LogP contribution is -2.39. The average molecular weight is 415 g/mol. The van der Waals surface area contributed by atoms with E-state index in [4.69, 9.17) is 4.99 Å². The van der Waals surface area contributed by atoms with Gasteiger partial charge in [-0.1, -0.05) is 48.2 Å². The third-order valence-corrected chi connectivity index (χ3v) is 7.97. The summed E-state index contributed by atoms with van der Waals surface area (Å²) >= 11 is 1.62. The Morgan fingerprint density at radius 1 is 1.18 bits per heavy atom. The highest BCUT2D eigenvalue weighted by Gasteiger charge is 2.47. The predicted octanol–water partition coefficient (Wildman–Crippen LogP) is 3.47. The van der Waals surface area contributed by atoms with Crippen LogP contribution in [0.5, 0.6) is 0 Å². The van der Waals surface area contributed by atoms with Crippen molar-refractivity contribution in [2.24, 2.45) is 4.99 Å². The maximum atomic E-state index is 12.2. The molecule has 2 aromatic carbocycles. The Balaban J connectivity index is 1.66. The van der Waals surface area contributed by atoms with E-state index in [2.05, 4.69) is 19.1 Å². The number of carbonyl (C=O) groups excluding carboxylic acids is 1. The van der Waals surface area contributed by atoms with Crippen LogP contribution in [0.1, 0.15) is 28.4 Å². The molecule has 4 rings (SSSR count). The van der Waals surface area contributed by atoms with Crippen LogP contribution in [0.15, 0.2) is 53.5 Å². The van der Waals surface area contributed by atoms with Crippen molar-refractivity contribution < 1.29 is 13.2 Å². The number of Topliss-reactive ketones (excluding diaryl/α,β-unsaturated/α-hetero) is 1. The third-order valence-electron chi connectivity index (χ3n) is 5.26. The quantitative estimate of drug-likeness (QED) is 0.717. The molecule has 0 bridgehead atoms. The number of amidine groups is 1. The number of anilines is 1. The average Bonchev–Trinajstić information content (AvgIpc) is 3.12. The SMILES string of the molecule is CC(=O)c1cccc(N2C(SCc3ccccc3C)=N[C@H]3CS(=O)(=O)C[C@H]32)c1. The summed E-state index contributed by atoms with van der Waals surface area (Å²) in [5.74, 6) is 0.942. The molecule has 146 valence electrons. The van der Waals surface area contributed by atoms with E-state index in [1.165, 1.54) is 18.1 Å². The van der Waals surface area contributed by atoms with Gasteiger partial charge in [-0.25, -0.2) is 8.42 Å². The Kier molecular flexibility index (Phi) is 5.05. The van der Waals surface area contributed by atoms with Crippen LogP contribution in [0.25, 0.3) is 0 Å². The molecule has 28 heavy (non-hydrogen) atoms. The Morgan fingerprint density at radius 2 is 1.96 bits per heavy atom. The first-order chi connectivity index (χ1) is 13.3. The summed E-state index contributed by atoms with van der Waals surface area (Å²) in [6.07, 6.45) is 0. The topological polar surface area (TPSA) is 66.8 Å². The Hall–Kier alpha value is -2.12. The highest BCUT2D eigenvalue weighted by molar-refractivity contribution is 8.13. The van der Waals surface area contributed by atoms with Crippen molar-refractivity contribution in [3.8, 4) is 0 Å². The van der Waals surface area contributed by atoms with Gasteiger partial charge < -0.3 is 4.90 Å². The minimum absolute atomic E-state index is 0.0114. The molecule has 0 amide bonds. The van der Waals surface area contributed by atoms with Gasteiger partial charge in [0.25, 0.3) is 0 Å². The van der Waals surface area contributed by atoms with Crippen molar-refractivity contribution in [1.29, 1.82) is 0 Å². The van der Waals surface area contributed by atoms with Gasteiger partial charge in [-0.05, 0) is 37.1 Å². The number of ketones is 1. The van der Waals surface area contributed by atoms with Crippen LogP contribution in [0.4, 0.5) is 5.69 Å². The van der Waals surface area contributed by atoms with E-state index < -0.39 is 9.84 Å². The van der Waals surface area contributed by atoms with E-state index in [1.54, 1.807) is 17.8 Å². The maximum absolute atomic E-state index is 12.2. The number of benzene rings is 2. The van der Waals surface area contributed by atoms with Crippen molar-refractivity contribution >= 4 is 38.2 Å². The maximum Gasteiger partial charge on any atom is 0.164 e. The molecule has 1 fully saturated rings. The third kappa shape index (κ3) is 3.73. The molecule has 0 aromatic heterocycles. The first-order valence-electron chi connectivity index (χ1n) is 9.20. The molecule has 0 saturated carbocycles. The largest absolute Gasteiger partial charge is 0.315 e. The zero-order valence-corrected chi connectivity index (χ0v) is 17.5. The van der Waals surface area contributed by atoms with E-state index in [0.717, 1.165) is 16.6 Å². The fraction of sp³-hybridized carbons (Fsp3) is 0.333. The normalized spacial score (nSPS) is 22.8. The summed E-state index contributed by atoms with van der Waals surface area (Å²) in [5, 5.41) is 0.828. The second-order valence-corrected chi connectivity index (χ2v) is 10.4. The molecule has 0 aliphatic carbocycles. The number of carbonyl (C=O) groups is 1. The Bertz CT molecular complexity index is 1060. The lowest BCUT2D eigenvalue weighted by molar-refractivity contribution is 0.101. The van der Waals surface area contributed by atoms with Crippen molar-refractivity contribution in [3.05, 3.63) is 65.2 Å². The van der Waals surface area contributed by atoms with Crippen LogP contribution in [0.3, 0.4) is 0 Å². The fourth-order valence-corrected chi connectivity index (χ4v) is 6.77. The fourth-order valence-electron chi connectivity index (χ4n) is 3.72. The first-order valence-corrected chi connectivity index (χ1v) is 12.0. The van der Waals surface area contributed by atoms with Crippen LogP contribution < -0.4 is 4.90 Å². The number of hydrogen-bond donors (Lipinski definition) is 0. The molecule has 0 spiro atoms. The van der Waals surface area contributed by atoms with Crippen molar-refractivity contribution in [2.45, 2.75) is 31.7 Å². The lowest BCUT2D eigenvalue weighted by Gasteiger charge is -2.27. The number of aliphatic imine (C=N–C) groups is 1. The number of thioether (sulfide) groups is 1. The number of fused-ring (bicyclic) bond motifs is 1. The summed E-state index contributed by atoms with van der Waals surface area (Å²) in [7, 11) is -3.10. The molecule has 2 heterocycles. The van der Waals surface area contributed by atoms with E-state index in [0.29, 0.717) is 5.56 Å². The second kappa shape index (κ2) is 7.37. The molecular weight excluding hydrogens is 392 g/mol. The van der Waals surface area contributed by atoms with Gasteiger partial charge in [0.15, 0.2) is 20.8 Å². The van der Waals surface area contributed by atoms with Gasteiger partial charge >= 0.3 is 0 Å². The van der Waals surface area contributed by atoms with Crippen molar-refractivity contribution in [2.75, 3.05) is 16.4 Å². The van der Waals surface area contributed by atoms with E-state index in [1.807, 2.05) is 35.2 Å². The van der Waals surface area contributed by atoms with Gasteiger partial charge in [-0.2, -0.15) is 0 Å². The van der Waals surface area contributed by atoms with Gasteiger partial charge in [0.1, 0.15) is 0 Å². The molecule has 2 atom stereocenters. The smallest absolute Gasteiger partial charge is 0.164 e. The van der Waals surface area contributed by atoms with Gasteiger partial charge in [-0.15, -0.1) is 0 Å².